The van der Waals surface area contributed by atoms with E-state index in [1.807, 2.05) is 18.4 Å². The van der Waals surface area contributed by atoms with E-state index in [1.165, 1.54) is 7.11 Å². The highest BCUT2D eigenvalue weighted by Crippen LogP contribution is 2.42. The van der Waals surface area contributed by atoms with Gasteiger partial charge in [0.2, 0.25) is 0 Å². The molecule has 0 amide bonds. The van der Waals surface area contributed by atoms with Crippen molar-refractivity contribution < 1.29 is 14.3 Å². The average Bonchev–Trinajstić information content (AvgIpc) is 2.62. The second kappa shape index (κ2) is 4.16. The zero-order valence-corrected chi connectivity index (χ0v) is 10.2. The number of hydrogen-bond acceptors (Lipinski definition) is 5. The van der Waals surface area contributed by atoms with Crippen LogP contribution in [0.15, 0.2) is 11.4 Å². The zero-order valence-electron chi connectivity index (χ0n) is 9.36. The Morgan fingerprint density at radius 3 is 2.75 bits per heavy atom. The molecule has 88 valence electrons. The fourth-order valence-electron chi connectivity index (χ4n) is 1.90. The first-order valence-corrected chi connectivity index (χ1v) is 5.95. The summed E-state index contributed by atoms with van der Waals surface area (Å²) >= 11 is 1.57. The molecule has 1 unspecified atom stereocenters. The van der Waals surface area contributed by atoms with Gasteiger partial charge < -0.3 is 15.2 Å². The summed E-state index contributed by atoms with van der Waals surface area (Å²) in [5, 5.41) is 1.98. The van der Waals surface area contributed by atoms with Gasteiger partial charge in [-0.05, 0) is 23.9 Å². The molecule has 0 saturated carbocycles. The lowest BCUT2D eigenvalue weighted by molar-refractivity contribution is -0.188. The molecule has 1 aliphatic heterocycles. The van der Waals surface area contributed by atoms with Crippen LogP contribution in [-0.4, -0.2) is 26.3 Å². The first kappa shape index (κ1) is 11.6. The third-order valence-electron chi connectivity index (χ3n) is 3.09. The largest absolute Gasteiger partial charge is 0.468 e. The van der Waals surface area contributed by atoms with E-state index in [9.17, 15) is 4.79 Å². The molecular formula is C11H15NO3S. The number of rotatable bonds is 3. The standard InChI is InChI=1S/C11H15NO3S/c1-7-3-4-16-8(7)9(12)11(5-15-6-11)10(13)14-2/h3-4,9H,5-6,12H2,1-2H3. The topological polar surface area (TPSA) is 61.5 Å². The number of aryl methyl sites for hydroxylation is 1. The van der Waals surface area contributed by atoms with Gasteiger partial charge in [0.25, 0.3) is 0 Å². The van der Waals surface area contributed by atoms with Gasteiger partial charge in [-0.2, -0.15) is 0 Å². The molecule has 0 aromatic carbocycles. The second-order valence-electron chi connectivity index (χ2n) is 4.09. The van der Waals surface area contributed by atoms with Gasteiger partial charge in [-0.3, -0.25) is 4.79 Å². The zero-order chi connectivity index (χ0) is 11.8. The third-order valence-corrected chi connectivity index (χ3v) is 4.19. The minimum Gasteiger partial charge on any atom is -0.468 e. The van der Waals surface area contributed by atoms with Gasteiger partial charge in [0.05, 0.1) is 26.4 Å². The van der Waals surface area contributed by atoms with Crippen molar-refractivity contribution >= 4 is 17.3 Å². The SMILES string of the molecule is COC(=O)C1(C(N)c2sccc2C)COC1. The van der Waals surface area contributed by atoms with Gasteiger partial charge in [0.1, 0.15) is 5.41 Å². The number of ether oxygens (including phenoxy) is 2. The Morgan fingerprint density at radius 1 is 1.69 bits per heavy atom. The van der Waals surface area contributed by atoms with E-state index in [0.29, 0.717) is 13.2 Å². The highest BCUT2D eigenvalue weighted by atomic mass is 32.1. The average molecular weight is 241 g/mol. The van der Waals surface area contributed by atoms with E-state index < -0.39 is 5.41 Å². The van der Waals surface area contributed by atoms with Crippen molar-refractivity contribution in [2.24, 2.45) is 11.1 Å². The monoisotopic (exact) mass is 241 g/mol. The van der Waals surface area contributed by atoms with Crippen LogP contribution in [0.4, 0.5) is 0 Å². The van der Waals surface area contributed by atoms with Crippen molar-refractivity contribution in [1.29, 1.82) is 0 Å². The predicted molar refractivity (Wildman–Crippen MR) is 61.3 cm³/mol. The van der Waals surface area contributed by atoms with Gasteiger partial charge in [-0.15, -0.1) is 11.3 Å². The van der Waals surface area contributed by atoms with Gasteiger partial charge in [0, 0.05) is 4.88 Å². The maximum atomic E-state index is 11.8. The Hall–Kier alpha value is -0.910. The Labute approximate surface area is 98.3 Å². The number of hydrogen-bond donors (Lipinski definition) is 1. The molecule has 1 fully saturated rings. The van der Waals surface area contributed by atoms with Crippen molar-refractivity contribution in [2.45, 2.75) is 13.0 Å². The van der Waals surface area contributed by atoms with Gasteiger partial charge in [-0.25, -0.2) is 0 Å². The van der Waals surface area contributed by atoms with Crippen molar-refractivity contribution in [3.05, 3.63) is 21.9 Å². The van der Waals surface area contributed by atoms with Gasteiger partial charge >= 0.3 is 5.97 Å². The Balaban J connectivity index is 2.29. The number of carbonyl (C=O) groups excluding carboxylic acids is 1. The first-order valence-electron chi connectivity index (χ1n) is 5.07. The summed E-state index contributed by atoms with van der Waals surface area (Å²) in [6.45, 7) is 2.69. The number of esters is 1. The molecule has 0 radical (unpaired) electrons. The minimum absolute atomic E-state index is 0.279. The molecule has 2 heterocycles. The van der Waals surface area contributed by atoms with Gasteiger partial charge in [0.15, 0.2) is 0 Å². The van der Waals surface area contributed by atoms with Crippen LogP contribution in [0, 0.1) is 12.3 Å². The van der Waals surface area contributed by atoms with Crippen LogP contribution in [0.5, 0.6) is 0 Å². The smallest absolute Gasteiger partial charge is 0.318 e. The van der Waals surface area contributed by atoms with Crippen LogP contribution in [0.1, 0.15) is 16.5 Å². The number of thiophene rings is 1. The summed E-state index contributed by atoms with van der Waals surface area (Å²) in [6, 6.07) is 1.67. The summed E-state index contributed by atoms with van der Waals surface area (Å²) < 4.78 is 9.97. The molecule has 0 aliphatic carbocycles. The van der Waals surface area contributed by atoms with Crippen LogP contribution < -0.4 is 5.73 Å². The summed E-state index contributed by atoms with van der Waals surface area (Å²) in [5.41, 5.74) is 6.61. The summed E-state index contributed by atoms with van der Waals surface area (Å²) in [7, 11) is 1.39. The normalized spacial score (nSPS) is 19.9. The van der Waals surface area contributed by atoms with Crippen LogP contribution in [0.3, 0.4) is 0 Å². The molecule has 1 aromatic rings. The van der Waals surface area contributed by atoms with Gasteiger partial charge in [-0.1, -0.05) is 0 Å². The number of carbonyl (C=O) groups is 1. The summed E-state index contributed by atoms with van der Waals surface area (Å²) in [4.78, 5) is 12.8. The summed E-state index contributed by atoms with van der Waals surface area (Å²) in [5.74, 6) is -0.279. The van der Waals surface area contributed by atoms with Crippen molar-refractivity contribution in [1.82, 2.24) is 0 Å². The Kier molecular flexibility index (Phi) is 3.01. The fraction of sp³-hybridized carbons (Fsp3) is 0.545. The molecule has 4 nitrogen and oxygen atoms in total. The van der Waals surface area contributed by atoms with Crippen LogP contribution in [0.25, 0.3) is 0 Å². The van der Waals surface area contributed by atoms with Crippen LogP contribution in [-0.2, 0) is 14.3 Å². The fourth-order valence-corrected chi connectivity index (χ4v) is 2.95. The lowest BCUT2D eigenvalue weighted by atomic mass is 9.77. The van der Waals surface area contributed by atoms with E-state index in [1.54, 1.807) is 11.3 Å². The van der Waals surface area contributed by atoms with E-state index in [0.717, 1.165) is 10.4 Å². The quantitative estimate of drug-likeness (QED) is 0.809. The maximum Gasteiger partial charge on any atom is 0.318 e. The molecule has 5 heteroatoms. The molecule has 2 rings (SSSR count). The molecule has 2 N–H and O–H groups in total. The first-order chi connectivity index (χ1) is 7.62. The molecule has 16 heavy (non-hydrogen) atoms. The molecule has 1 saturated heterocycles. The Morgan fingerprint density at radius 2 is 2.38 bits per heavy atom. The van der Waals surface area contributed by atoms with E-state index in [4.69, 9.17) is 15.2 Å². The summed E-state index contributed by atoms with van der Waals surface area (Å²) in [6.07, 6.45) is 0. The molecule has 0 spiro atoms. The molecule has 1 aliphatic rings. The Bertz CT molecular complexity index is 398. The van der Waals surface area contributed by atoms with Crippen molar-refractivity contribution in [2.75, 3.05) is 20.3 Å². The lowest BCUT2D eigenvalue weighted by Crippen LogP contribution is -2.56. The molecular weight excluding hydrogens is 226 g/mol. The van der Waals surface area contributed by atoms with Crippen LogP contribution in [0.2, 0.25) is 0 Å². The lowest BCUT2D eigenvalue weighted by Gasteiger charge is -2.42. The minimum atomic E-state index is -0.690. The maximum absolute atomic E-state index is 11.8. The molecule has 1 atom stereocenters. The number of methoxy groups -OCH3 is 1. The molecule has 0 bridgehead atoms. The van der Waals surface area contributed by atoms with E-state index >= 15 is 0 Å². The van der Waals surface area contributed by atoms with Crippen LogP contribution >= 0.6 is 11.3 Å². The van der Waals surface area contributed by atoms with Crippen molar-refractivity contribution in [3.8, 4) is 0 Å². The van der Waals surface area contributed by atoms with E-state index in [-0.39, 0.29) is 12.0 Å². The second-order valence-corrected chi connectivity index (χ2v) is 5.03. The highest BCUT2D eigenvalue weighted by molar-refractivity contribution is 7.10. The number of nitrogens with two attached hydrogens (primary N) is 1. The van der Waals surface area contributed by atoms with E-state index in [2.05, 4.69) is 0 Å². The van der Waals surface area contributed by atoms with Crippen molar-refractivity contribution in [3.63, 3.8) is 0 Å². The highest BCUT2D eigenvalue weighted by Gasteiger charge is 2.53. The third kappa shape index (κ3) is 1.55. The predicted octanol–water partition coefficient (Wildman–Crippen LogP) is 1.25. The molecule has 1 aromatic heterocycles.